The molecule has 0 aliphatic carbocycles. The summed E-state index contributed by atoms with van der Waals surface area (Å²) in [6.07, 6.45) is 2.59. The number of nitrogens with zero attached hydrogens (tertiary/aromatic N) is 2. The lowest BCUT2D eigenvalue weighted by Crippen LogP contribution is -2.41. The maximum Gasteiger partial charge on any atom is 0.343 e. The summed E-state index contributed by atoms with van der Waals surface area (Å²) in [5, 5.41) is 10.9. The summed E-state index contributed by atoms with van der Waals surface area (Å²) in [6.45, 7) is 26.3. The van der Waals surface area contributed by atoms with E-state index < -0.39 is 57.2 Å². The molecule has 1 N–H and O–H groups in total. The third kappa shape index (κ3) is 13.7. The van der Waals surface area contributed by atoms with Gasteiger partial charge in [-0.25, -0.2) is 22.8 Å². The Kier molecular flexibility index (Phi) is 18.7. The van der Waals surface area contributed by atoms with Crippen LogP contribution in [0.2, 0.25) is 36.3 Å². The predicted octanol–water partition coefficient (Wildman–Crippen LogP) is 10.4. The van der Waals surface area contributed by atoms with Crippen LogP contribution in [0.1, 0.15) is 71.3 Å². The van der Waals surface area contributed by atoms with E-state index in [4.69, 9.17) is 18.3 Å². The topological polar surface area (TPSA) is 126 Å². The molecule has 0 saturated heterocycles. The number of pyridine rings is 1. The summed E-state index contributed by atoms with van der Waals surface area (Å²) in [7, 11) is -3.87. The lowest BCUT2D eigenvalue weighted by molar-refractivity contribution is -0.137. The highest BCUT2D eigenvalue weighted by Crippen LogP contribution is 2.37. The monoisotopic (exact) mass is 1060 g/mol. The minimum absolute atomic E-state index is 0.0518. The number of aliphatic imine (C=N–C) groups is 1. The molecule has 0 aliphatic rings. The van der Waals surface area contributed by atoms with Crippen molar-refractivity contribution in [3.63, 3.8) is 0 Å². The van der Waals surface area contributed by atoms with E-state index in [-0.39, 0.29) is 50.1 Å². The highest BCUT2D eigenvalue weighted by Gasteiger charge is 2.38. The molecule has 0 saturated carbocycles. The fourth-order valence-electron chi connectivity index (χ4n) is 4.53. The number of esters is 2. The van der Waals surface area contributed by atoms with Crippen LogP contribution in [0.3, 0.4) is 0 Å². The normalized spacial score (nSPS) is 13.0. The molecule has 2 aromatic carbocycles. The number of fused-ring (bicyclic) bond motifs is 1. The molecule has 0 amide bonds. The van der Waals surface area contributed by atoms with Crippen LogP contribution in [0.4, 0.5) is 13.2 Å². The number of carbonyl (C=O) groups excluding carboxylic acids is 2. The number of aromatic nitrogens is 1. The van der Waals surface area contributed by atoms with E-state index in [1.54, 1.807) is 41.0 Å². The van der Waals surface area contributed by atoms with Crippen molar-refractivity contribution in [2.24, 2.45) is 4.99 Å². The number of aliphatic hydroxyl groups excluding tert-OH is 1. The van der Waals surface area contributed by atoms with Crippen molar-refractivity contribution in [3.05, 3.63) is 82.0 Å². The lowest BCUT2D eigenvalue weighted by Gasteiger charge is -2.36. The molecule has 316 valence electrons. The van der Waals surface area contributed by atoms with Crippen molar-refractivity contribution in [3.8, 4) is 0 Å². The largest absolute Gasteiger partial charge is 0.506 e. The number of halogens is 5. The van der Waals surface area contributed by atoms with E-state index in [0.29, 0.717) is 40.3 Å². The molecule has 0 unspecified atom stereocenters. The van der Waals surface area contributed by atoms with Crippen molar-refractivity contribution in [1.82, 2.24) is 4.57 Å². The molecule has 1 aromatic heterocycles. The van der Waals surface area contributed by atoms with Crippen LogP contribution in [0.15, 0.2) is 45.8 Å². The Hall–Kier alpha value is -2.60. The minimum atomic E-state index is -1.95. The molecule has 0 bridgehead atoms. The first-order valence-corrected chi connectivity index (χ1v) is 26.4. The fraction of sp³-hybridized carbons (Fsp3) is 0.500. The van der Waals surface area contributed by atoms with Gasteiger partial charge in [0.15, 0.2) is 16.6 Å². The van der Waals surface area contributed by atoms with E-state index >= 15 is 0 Å². The molecule has 1 heterocycles. The first-order valence-electron chi connectivity index (χ1n) is 18.4. The SMILES string of the molecule is CCOC(=O)C(C=NCCO[Si](C)(C)C(C)(C)C)=C(O)c1cc(I)c(F)cc1F.CCOC(=O)c1cn(CCO[Si](C)(C)C(C)(C)C)c2cc(F)c(I)cc2c1=O. The van der Waals surface area contributed by atoms with Gasteiger partial charge in [-0.15, -0.1) is 0 Å². The Balaban J connectivity index is 0.000000394. The number of hydrogen-bond donors (Lipinski definition) is 1. The van der Waals surface area contributed by atoms with Crippen molar-refractivity contribution in [1.29, 1.82) is 0 Å². The molecule has 3 rings (SSSR count). The van der Waals surface area contributed by atoms with Gasteiger partial charge in [-0.05, 0) is 113 Å². The van der Waals surface area contributed by atoms with Crippen molar-refractivity contribution < 1.29 is 46.2 Å². The summed E-state index contributed by atoms with van der Waals surface area (Å²) in [5.41, 5.74) is -0.671. The standard InChI is InChI=1S/C20H28F2INO4Si.C20H27FINO4Si/c1-7-27-19(26)14(12-24-8-9-28-29(5,6)20(2,3)4)18(25)13-10-17(23)16(22)11-15(13)21;1-7-26-19(25)14-12-23(8-9-27-28(5,6)20(2,3)4)17-11-15(21)16(22)10-13(17)18(14)24/h10-12,25H,7-9H2,1-6H3;10-12H,7-9H2,1-6H3. The Bertz CT molecular complexity index is 2040. The van der Waals surface area contributed by atoms with Crippen LogP contribution in [-0.2, 0) is 29.7 Å². The van der Waals surface area contributed by atoms with Gasteiger partial charge in [0.05, 0.1) is 44.1 Å². The summed E-state index contributed by atoms with van der Waals surface area (Å²) in [4.78, 5) is 41.4. The smallest absolute Gasteiger partial charge is 0.343 e. The number of benzene rings is 2. The minimum Gasteiger partial charge on any atom is -0.506 e. The van der Waals surface area contributed by atoms with Crippen LogP contribution >= 0.6 is 45.2 Å². The maximum atomic E-state index is 14.2. The third-order valence-electron chi connectivity index (χ3n) is 9.94. The van der Waals surface area contributed by atoms with E-state index in [9.17, 15) is 32.7 Å². The van der Waals surface area contributed by atoms with E-state index in [1.807, 2.05) is 22.6 Å². The first-order chi connectivity index (χ1) is 26.2. The van der Waals surface area contributed by atoms with Gasteiger partial charge in [-0.3, -0.25) is 9.79 Å². The number of ether oxygens (including phenoxy) is 2. The maximum absolute atomic E-state index is 14.2. The van der Waals surface area contributed by atoms with Gasteiger partial charge in [-0.2, -0.15) is 0 Å². The van der Waals surface area contributed by atoms with Gasteiger partial charge in [0.25, 0.3) is 0 Å². The highest BCUT2D eigenvalue weighted by atomic mass is 127. The summed E-state index contributed by atoms with van der Waals surface area (Å²) in [6, 6.07) is 4.58. The van der Waals surface area contributed by atoms with Gasteiger partial charge in [0.1, 0.15) is 34.3 Å². The molecule has 57 heavy (non-hydrogen) atoms. The second-order valence-electron chi connectivity index (χ2n) is 16.1. The molecule has 0 spiro atoms. The number of hydrogen-bond acceptors (Lipinski definition) is 9. The van der Waals surface area contributed by atoms with E-state index in [2.05, 4.69) is 72.7 Å². The average molecular weight is 1060 g/mol. The van der Waals surface area contributed by atoms with Gasteiger partial charge >= 0.3 is 11.9 Å². The molecule has 17 heteroatoms. The molecular formula is C40H55F3I2N2O8Si2. The highest BCUT2D eigenvalue weighted by molar-refractivity contribution is 14.1. The number of rotatable bonds is 14. The van der Waals surface area contributed by atoms with E-state index in [1.165, 1.54) is 18.3 Å². The quantitative estimate of drug-likeness (QED) is 0.0247. The summed E-state index contributed by atoms with van der Waals surface area (Å²) < 4.78 is 66.1. The number of aliphatic hydroxyl groups is 1. The molecular weight excluding hydrogens is 1000 g/mol. The predicted molar refractivity (Wildman–Crippen MR) is 242 cm³/mol. The zero-order chi connectivity index (χ0) is 43.7. The summed E-state index contributed by atoms with van der Waals surface area (Å²) >= 11 is 3.51. The van der Waals surface area contributed by atoms with Gasteiger partial charge in [-0.1, -0.05) is 41.5 Å². The molecule has 0 fully saturated rings. The molecule has 0 atom stereocenters. The fourth-order valence-corrected chi connectivity index (χ4v) is 7.54. The molecule has 0 radical (unpaired) electrons. The van der Waals surface area contributed by atoms with Gasteiger partial charge in [0, 0.05) is 37.5 Å². The Morgan fingerprint density at radius 1 is 0.807 bits per heavy atom. The second-order valence-corrected chi connectivity index (χ2v) is 28.0. The van der Waals surface area contributed by atoms with Crippen LogP contribution in [0.25, 0.3) is 16.7 Å². The summed E-state index contributed by atoms with van der Waals surface area (Å²) in [5.74, 6) is -4.33. The van der Waals surface area contributed by atoms with Crippen molar-refractivity contribution in [2.75, 3.05) is 33.0 Å². The van der Waals surface area contributed by atoms with Crippen LogP contribution < -0.4 is 5.43 Å². The zero-order valence-electron chi connectivity index (χ0n) is 34.8. The van der Waals surface area contributed by atoms with Gasteiger partial charge < -0.3 is 28.0 Å². The Morgan fingerprint density at radius 2 is 1.33 bits per heavy atom. The van der Waals surface area contributed by atoms with Crippen molar-refractivity contribution >= 4 is 96.6 Å². The second kappa shape index (κ2) is 21.1. The zero-order valence-corrected chi connectivity index (χ0v) is 41.1. The van der Waals surface area contributed by atoms with Crippen LogP contribution in [0, 0.1) is 24.6 Å². The molecule has 3 aromatic rings. The van der Waals surface area contributed by atoms with E-state index in [0.717, 1.165) is 12.3 Å². The Morgan fingerprint density at radius 3 is 1.88 bits per heavy atom. The molecule has 0 aliphatic heterocycles. The lowest BCUT2D eigenvalue weighted by atomic mass is 10.1. The molecule has 10 nitrogen and oxygen atoms in total. The number of carbonyl (C=O) groups is 2. The average Bonchev–Trinajstić information content (AvgIpc) is 3.09. The van der Waals surface area contributed by atoms with Crippen LogP contribution in [-0.4, -0.2) is 77.4 Å². The van der Waals surface area contributed by atoms with Crippen LogP contribution in [0.5, 0.6) is 0 Å². The Labute approximate surface area is 363 Å². The first kappa shape index (κ1) is 50.5. The third-order valence-corrected chi connectivity index (χ3v) is 20.7. The van der Waals surface area contributed by atoms with Gasteiger partial charge in [0.2, 0.25) is 5.43 Å². The van der Waals surface area contributed by atoms with Crippen molar-refractivity contribution in [2.45, 2.75) is 98.2 Å².